The fourth-order valence-corrected chi connectivity index (χ4v) is 2.26. The van der Waals surface area contributed by atoms with E-state index in [0.29, 0.717) is 12.8 Å². The van der Waals surface area contributed by atoms with Crippen LogP contribution in [-0.4, -0.2) is 22.3 Å². The second-order valence-corrected chi connectivity index (χ2v) is 3.91. The lowest BCUT2D eigenvalue weighted by atomic mass is 10.2. The molecule has 0 aromatic heterocycles. The summed E-state index contributed by atoms with van der Waals surface area (Å²) in [5, 5.41) is -0.431. The summed E-state index contributed by atoms with van der Waals surface area (Å²) in [6, 6.07) is 0. The Labute approximate surface area is 68.7 Å². The van der Waals surface area contributed by atoms with Gasteiger partial charge in [-0.15, -0.1) is 11.8 Å². The van der Waals surface area contributed by atoms with Gasteiger partial charge >= 0.3 is 0 Å². The van der Waals surface area contributed by atoms with Crippen molar-refractivity contribution < 1.29 is 9.59 Å². The monoisotopic (exact) mass is 174 g/mol. The molecule has 1 heterocycles. The largest absolute Gasteiger partial charge is 0.369 e. The van der Waals surface area contributed by atoms with Crippen LogP contribution in [0.2, 0.25) is 0 Å². The van der Waals surface area contributed by atoms with E-state index in [1.807, 2.05) is 0 Å². The van der Waals surface area contributed by atoms with Gasteiger partial charge in [0.2, 0.25) is 11.8 Å². The molecular formula is C6H10N2O2S. The van der Waals surface area contributed by atoms with Crippen molar-refractivity contribution in [3.05, 3.63) is 0 Å². The number of rotatable bonds is 2. The summed E-state index contributed by atoms with van der Waals surface area (Å²) >= 11 is 1.28. The highest BCUT2D eigenvalue weighted by Crippen LogP contribution is 2.32. The Morgan fingerprint density at radius 1 is 1.09 bits per heavy atom. The van der Waals surface area contributed by atoms with E-state index in [4.69, 9.17) is 11.5 Å². The molecule has 1 aliphatic heterocycles. The number of hydrogen-bond acceptors (Lipinski definition) is 3. The Balaban J connectivity index is 2.47. The summed E-state index contributed by atoms with van der Waals surface area (Å²) in [6.07, 6.45) is 1.35. The minimum absolute atomic E-state index is 0.215. The van der Waals surface area contributed by atoms with Crippen LogP contribution in [0.5, 0.6) is 0 Å². The predicted octanol–water partition coefficient (Wildman–Crippen LogP) is -0.779. The van der Waals surface area contributed by atoms with Gasteiger partial charge in [0.05, 0.1) is 10.5 Å². The molecule has 4 N–H and O–H groups in total. The minimum atomic E-state index is -0.348. The van der Waals surface area contributed by atoms with Crippen LogP contribution in [0, 0.1) is 0 Å². The number of nitrogens with two attached hydrogens (primary N) is 2. The lowest BCUT2D eigenvalue weighted by Crippen LogP contribution is -2.26. The van der Waals surface area contributed by atoms with Crippen molar-refractivity contribution >= 4 is 23.6 Å². The SMILES string of the molecule is NC(=O)[C@@H]1CC[C@H](C(N)=O)S1. The van der Waals surface area contributed by atoms with Gasteiger partial charge in [0.25, 0.3) is 0 Å². The molecule has 0 aromatic rings. The molecule has 4 nitrogen and oxygen atoms in total. The second kappa shape index (κ2) is 3.13. The third kappa shape index (κ3) is 1.86. The first kappa shape index (κ1) is 8.39. The molecule has 1 aliphatic rings. The highest BCUT2D eigenvalue weighted by atomic mass is 32.2. The fourth-order valence-electron chi connectivity index (χ4n) is 1.06. The molecule has 0 saturated carbocycles. The topological polar surface area (TPSA) is 86.2 Å². The van der Waals surface area contributed by atoms with Crippen molar-refractivity contribution in [1.82, 2.24) is 0 Å². The average Bonchev–Trinajstić information content (AvgIpc) is 2.33. The summed E-state index contributed by atoms with van der Waals surface area (Å²) in [7, 11) is 0. The Morgan fingerprint density at radius 2 is 1.45 bits per heavy atom. The van der Waals surface area contributed by atoms with Gasteiger partial charge in [-0.25, -0.2) is 0 Å². The highest BCUT2D eigenvalue weighted by molar-refractivity contribution is 8.02. The van der Waals surface area contributed by atoms with Gasteiger partial charge in [-0.3, -0.25) is 9.59 Å². The quantitative estimate of drug-likeness (QED) is 0.576. The maximum absolute atomic E-state index is 10.6. The van der Waals surface area contributed by atoms with E-state index < -0.39 is 0 Å². The number of primary amides is 2. The van der Waals surface area contributed by atoms with Gasteiger partial charge in [-0.05, 0) is 12.8 Å². The van der Waals surface area contributed by atoms with Crippen molar-refractivity contribution in [2.45, 2.75) is 23.3 Å². The van der Waals surface area contributed by atoms with Gasteiger partial charge < -0.3 is 11.5 Å². The number of hydrogen-bond donors (Lipinski definition) is 2. The molecule has 0 aliphatic carbocycles. The van der Waals surface area contributed by atoms with Gasteiger partial charge in [0.15, 0.2) is 0 Å². The van der Waals surface area contributed by atoms with E-state index in [9.17, 15) is 9.59 Å². The van der Waals surface area contributed by atoms with Crippen molar-refractivity contribution in [2.75, 3.05) is 0 Å². The molecule has 1 rings (SSSR count). The second-order valence-electron chi connectivity index (χ2n) is 2.50. The Morgan fingerprint density at radius 3 is 1.64 bits per heavy atom. The summed E-state index contributed by atoms with van der Waals surface area (Å²) in [5.74, 6) is -0.697. The minimum Gasteiger partial charge on any atom is -0.369 e. The van der Waals surface area contributed by atoms with Gasteiger partial charge in [-0.2, -0.15) is 0 Å². The van der Waals surface area contributed by atoms with Crippen molar-refractivity contribution in [3.8, 4) is 0 Å². The molecule has 1 fully saturated rings. The maximum atomic E-state index is 10.6. The van der Waals surface area contributed by atoms with Crippen LogP contribution < -0.4 is 11.5 Å². The first-order chi connectivity index (χ1) is 5.11. The van der Waals surface area contributed by atoms with E-state index in [-0.39, 0.29) is 22.3 Å². The Hall–Kier alpha value is -0.710. The smallest absolute Gasteiger partial charge is 0.230 e. The van der Waals surface area contributed by atoms with Crippen molar-refractivity contribution in [3.63, 3.8) is 0 Å². The maximum Gasteiger partial charge on any atom is 0.230 e. The summed E-state index contributed by atoms with van der Waals surface area (Å²) in [4.78, 5) is 21.2. The van der Waals surface area contributed by atoms with Gasteiger partial charge in [0.1, 0.15) is 0 Å². The molecule has 0 aromatic carbocycles. The van der Waals surface area contributed by atoms with Crippen molar-refractivity contribution in [2.24, 2.45) is 11.5 Å². The molecule has 62 valence electrons. The number of amides is 2. The number of carbonyl (C=O) groups excluding carboxylic acids is 2. The lowest BCUT2D eigenvalue weighted by molar-refractivity contribution is -0.118. The Kier molecular flexibility index (Phi) is 2.38. The third-order valence-corrected chi connectivity index (χ3v) is 3.25. The normalized spacial score (nSPS) is 30.2. The molecule has 0 radical (unpaired) electrons. The van der Waals surface area contributed by atoms with Gasteiger partial charge in [-0.1, -0.05) is 0 Å². The molecule has 0 bridgehead atoms. The van der Waals surface area contributed by atoms with E-state index in [0.717, 1.165) is 0 Å². The average molecular weight is 174 g/mol. The molecule has 2 atom stereocenters. The van der Waals surface area contributed by atoms with Crippen LogP contribution in [0.1, 0.15) is 12.8 Å². The standard InChI is InChI=1S/C6H10N2O2S/c7-5(9)3-1-2-4(11-3)6(8)10/h3-4H,1-2H2,(H2,7,9)(H2,8,10)/t3-,4+. The van der Waals surface area contributed by atoms with Crippen LogP contribution in [0.3, 0.4) is 0 Å². The highest BCUT2D eigenvalue weighted by Gasteiger charge is 2.31. The zero-order chi connectivity index (χ0) is 8.43. The first-order valence-corrected chi connectivity index (χ1v) is 4.29. The number of carbonyl (C=O) groups is 2. The predicted molar refractivity (Wildman–Crippen MR) is 42.8 cm³/mol. The molecule has 2 amide bonds. The summed E-state index contributed by atoms with van der Waals surface area (Å²) in [6.45, 7) is 0. The fraction of sp³-hybridized carbons (Fsp3) is 0.667. The number of thioether (sulfide) groups is 1. The summed E-state index contributed by atoms with van der Waals surface area (Å²) in [5.41, 5.74) is 10.1. The van der Waals surface area contributed by atoms with Gasteiger partial charge in [0, 0.05) is 0 Å². The zero-order valence-corrected chi connectivity index (χ0v) is 6.76. The van der Waals surface area contributed by atoms with Crippen LogP contribution in [0.15, 0.2) is 0 Å². The molecular weight excluding hydrogens is 164 g/mol. The molecule has 0 spiro atoms. The lowest BCUT2D eigenvalue weighted by Gasteiger charge is -2.03. The van der Waals surface area contributed by atoms with Crippen molar-refractivity contribution in [1.29, 1.82) is 0 Å². The molecule has 11 heavy (non-hydrogen) atoms. The molecule has 1 saturated heterocycles. The van der Waals surface area contributed by atoms with E-state index >= 15 is 0 Å². The van der Waals surface area contributed by atoms with E-state index in [2.05, 4.69) is 0 Å². The molecule has 0 unspecified atom stereocenters. The summed E-state index contributed by atoms with van der Waals surface area (Å²) < 4.78 is 0. The zero-order valence-electron chi connectivity index (χ0n) is 5.95. The Bertz CT molecular complexity index is 175. The van der Waals surface area contributed by atoms with Crippen LogP contribution in [0.25, 0.3) is 0 Å². The first-order valence-electron chi connectivity index (χ1n) is 3.35. The van der Waals surface area contributed by atoms with E-state index in [1.54, 1.807) is 0 Å². The van der Waals surface area contributed by atoms with E-state index in [1.165, 1.54) is 11.8 Å². The molecule has 5 heteroatoms. The third-order valence-electron chi connectivity index (χ3n) is 1.65. The van der Waals surface area contributed by atoms with Crippen LogP contribution >= 0.6 is 11.8 Å². The van der Waals surface area contributed by atoms with Crippen LogP contribution in [-0.2, 0) is 9.59 Å². The van der Waals surface area contributed by atoms with Crippen LogP contribution in [0.4, 0.5) is 0 Å².